The van der Waals surface area contributed by atoms with Crippen LogP contribution in [0.3, 0.4) is 0 Å². The Kier molecular flexibility index (Phi) is 4.06. The summed E-state index contributed by atoms with van der Waals surface area (Å²) in [5, 5.41) is 14.3. The molecule has 1 aliphatic rings. The van der Waals surface area contributed by atoms with Crippen LogP contribution in [0.1, 0.15) is 16.2 Å². The molecule has 7 heteroatoms. The molecule has 2 heterocycles. The van der Waals surface area contributed by atoms with E-state index in [1.165, 1.54) is 4.88 Å². The van der Waals surface area contributed by atoms with Crippen molar-refractivity contribution in [3.8, 4) is 0 Å². The molecule has 1 aromatic rings. The molecule has 0 radical (unpaired) electrons. The summed E-state index contributed by atoms with van der Waals surface area (Å²) in [4.78, 5) is 25.2. The van der Waals surface area contributed by atoms with Crippen molar-refractivity contribution >= 4 is 23.3 Å². The molecule has 1 saturated heterocycles. The maximum Gasteiger partial charge on any atom is 0.332 e. The second-order valence-electron chi connectivity index (χ2n) is 4.51. The van der Waals surface area contributed by atoms with Gasteiger partial charge in [-0.25, -0.2) is 9.59 Å². The molecule has 0 aromatic carbocycles. The predicted octanol–water partition coefficient (Wildman–Crippen LogP) is 1.10. The van der Waals surface area contributed by atoms with Crippen LogP contribution in [0.2, 0.25) is 0 Å². The number of aryl methyl sites for hydroxylation is 1. The van der Waals surface area contributed by atoms with Crippen LogP contribution < -0.4 is 10.6 Å². The average Bonchev–Trinajstić information content (AvgIpc) is 2.97. The van der Waals surface area contributed by atoms with Crippen LogP contribution in [0.15, 0.2) is 12.1 Å². The van der Waals surface area contributed by atoms with Gasteiger partial charge in [-0.3, -0.25) is 0 Å². The van der Waals surface area contributed by atoms with E-state index in [0.717, 1.165) is 4.88 Å². The summed E-state index contributed by atoms with van der Waals surface area (Å²) in [7, 11) is 0. The number of aliphatic carboxylic acids is 1. The first-order chi connectivity index (χ1) is 9.02. The van der Waals surface area contributed by atoms with Gasteiger partial charge in [-0.15, -0.1) is 11.3 Å². The van der Waals surface area contributed by atoms with E-state index in [-0.39, 0.29) is 13.0 Å². The number of rotatable bonds is 4. The monoisotopic (exact) mass is 284 g/mol. The van der Waals surface area contributed by atoms with Gasteiger partial charge >= 0.3 is 12.0 Å². The first-order valence-corrected chi connectivity index (χ1v) is 6.76. The van der Waals surface area contributed by atoms with Crippen molar-refractivity contribution in [2.75, 3.05) is 13.2 Å². The van der Waals surface area contributed by atoms with Gasteiger partial charge in [-0.05, 0) is 19.1 Å². The quantitative estimate of drug-likeness (QED) is 0.772. The number of hydrogen-bond acceptors (Lipinski definition) is 4. The van der Waals surface area contributed by atoms with Crippen LogP contribution >= 0.6 is 11.3 Å². The van der Waals surface area contributed by atoms with Crippen molar-refractivity contribution in [3.05, 3.63) is 21.9 Å². The summed E-state index contributed by atoms with van der Waals surface area (Å²) in [5.41, 5.74) is -1.30. The molecule has 2 amide bonds. The Morgan fingerprint density at radius 1 is 1.53 bits per heavy atom. The molecule has 1 fully saturated rings. The van der Waals surface area contributed by atoms with Crippen LogP contribution in [0, 0.1) is 6.92 Å². The van der Waals surface area contributed by atoms with Crippen molar-refractivity contribution in [1.82, 2.24) is 10.6 Å². The fourth-order valence-electron chi connectivity index (χ4n) is 1.89. The number of carbonyl (C=O) groups excluding carboxylic acids is 1. The summed E-state index contributed by atoms with van der Waals surface area (Å²) in [6, 6.07) is 3.42. The highest BCUT2D eigenvalue weighted by Gasteiger charge is 2.43. The number of nitrogens with one attached hydrogen (secondary N) is 2. The molecule has 1 unspecified atom stereocenters. The van der Waals surface area contributed by atoms with E-state index in [4.69, 9.17) is 4.74 Å². The number of amides is 2. The second kappa shape index (κ2) is 5.58. The van der Waals surface area contributed by atoms with Gasteiger partial charge in [0.15, 0.2) is 5.54 Å². The first-order valence-electron chi connectivity index (χ1n) is 5.94. The Labute approximate surface area is 114 Å². The van der Waals surface area contributed by atoms with Crippen LogP contribution in [-0.2, 0) is 16.1 Å². The SMILES string of the molecule is Cc1ccc(CNC(=O)NC2(C(=O)O)CCOC2)s1. The molecule has 1 aromatic heterocycles. The van der Waals surface area contributed by atoms with E-state index in [1.807, 2.05) is 19.1 Å². The molecule has 0 aliphatic carbocycles. The molecule has 2 rings (SSSR count). The number of ether oxygens (including phenoxy) is 1. The number of urea groups is 1. The second-order valence-corrected chi connectivity index (χ2v) is 5.88. The smallest absolute Gasteiger partial charge is 0.332 e. The van der Waals surface area contributed by atoms with E-state index in [9.17, 15) is 14.7 Å². The van der Waals surface area contributed by atoms with Gasteiger partial charge in [-0.1, -0.05) is 0 Å². The number of carboxylic acid groups (broad SMARTS) is 1. The largest absolute Gasteiger partial charge is 0.479 e. The lowest BCUT2D eigenvalue weighted by Gasteiger charge is -2.23. The molecular weight excluding hydrogens is 268 g/mol. The van der Waals surface area contributed by atoms with Crippen molar-refractivity contribution < 1.29 is 19.4 Å². The average molecular weight is 284 g/mol. The summed E-state index contributed by atoms with van der Waals surface area (Å²) >= 11 is 1.59. The van der Waals surface area contributed by atoms with Gasteiger partial charge in [0.2, 0.25) is 0 Å². The van der Waals surface area contributed by atoms with Gasteiger partial charge in [0.05, 0.1) is 13.2 Å². The predicted molar refractivity (Wildman–Crippen MR) is 70.2 cm³/mol. The lowest BCUT2D eigenvalue weighted by atomic mass is 9.99. The van der Waals surface area contributed by atoms with Gasteiger partial charge in [-0.2, -0.15) is 0 Å². The van der Waals surface area contributed by atoms with Gasteiger partial charge in [0.25, 0.3) is 0 Å². The molecular formula is C12H16N2O4S. The molecule has 0 saturated carbocycles. The Morgan fingerprint density at radius 2 is 2.32 bits per heavy atom. The van der Waals surface area contributed by atoms with Crippen LogP contribution in [0.5, 0.6) is 0 Å². The molecule has 0 spiro atoms. The molecule has 1 aliphatic heterocycles. The summed E-state index contributed by atoms with van der Waals surface area (Å²) in [6.45, 7) is 2.73. The van der Waals surface area contributed by atoms with Crippen molar-refractivity contribution in [3.63, 3.8) is 0 Å². The number of carbonyl (C=O) groups is 2. The van der Waals surface area contributed by atoms with Crippen molar-refractivity contribution in [2.24, 2.45) is 0 Å². The minimum atomic E-state index is -1.30. The van der Waals surface area contributed by atoms with E-state index in [2.05, 4.69) is 10.6 Å². The Morgan fingerprint density at radius 3 is 2.84 bits per heavy atom. The molecule has 1 atom stereocenters. The van der Waals surface area contributed by atoms with Crippen LogP contribution in [0.4, 0.5) is 4.79 Å². The van der Waals surface area contributed by atoms with Crippen LogP contribution in [0.25, 0.3) is 0 Å². The molecule has 6 nitrogen and oxygen atoms in total. The number of carboxylic acids is 1. The number of thiophene rings is 1. The Hall–Kier alpha value is -1.60. The highest BCUT2D eigenvalue weighted by molar-refractivity contribution is 7.11. The summed E-state index contributed by atoms with van der Waals surface area (Å²) in [6.07, 6.45) is 0.286. The third-order valence-corrected chi connectivity index (χ3v) is 4.00. The highest BCUT2D eigenvalue weighted by Crippen LogP contribution is 2.19. The number of hydrogen-bond donors (Lipinski definition) is 3. The minimum absolute atomic E-state index is 0.00780. The maximum absolute atomic E-state index is 11.8. The zero-order valence-electron chi connectivity index (χ0n) is 10.6. The van der Waals surface area contributed by atoms with Gasteiger partial charge in [0.1, 0.15) is 0 Å². The Bertz CT molecular complexity index is 480. The summed E-state index contributed by atoms with van der Waals surface area (Å²) in [5.74, 6) is -1.06. The van der Waals surface area contributed by atoms with Gasteiger partial charge < -0.3 is 20.5 Å². The fourth-order valence-corrected chi connectivity index (χ4v) is 2.72. The molecule has 104 valence electrons. The fraction of sp³-hybridized carbons (Fsp3) is 0.500. The van der Waals surface area contributed by atoms with E-state index in [1.54, 1.807) is 11.3 Å². The van der Waals surface area contributed by atoms with Crippen molar-refractivity contribution in [1.29, 1.82) is 0 Å². The zero-order valence-corrected chi connectivity index (χ0v) is 11.4. The lowest BCUT2D eigenvalue weighted by molar-refractivity contribution is -0.144. The maximum atomic E-state index is 11.8. The van der Waals surface area contributed by atoms with Crippen molar-refractivity contribution in [2.45, 2.75) is 25.4 Å². The Balaban J connectivity index is 1.88. The molecule has 19 heavy (non-hydrogen) atoms. The minimum Gasteiger partial charge on any atom is -0.479 e. The third kappa shape index (κ3) is 3.24. The lowest BCUT2D eigenvalue weighted by Crippen LogP contribution is -2.57. The zero-order chi connectivity index (χ0) is 13.9. The highest BCUT2D eigenvalue weighted by atomic mass is 32.1. The summed E-state index contributed by atoms with van der Waals surface area (Å²) < 4.78 is 5.07. The van der Waals surface area contributed by atoms with Crippen LogP contribution in [-0.4, -0.2) is 35.9 Å². The molecule has 0 bridgehead atoms. The normalized spacial score (nSPS) is 22.2. The van der Waals surface area contributed by atoms with Gasteiger partial charge in [0, 0.05) is 22.8 Å². The van der Waals surface area contributed by atoms with E-state index < -0.39 is 17.5 Å². The first kappa shape index (κ1) is 13.8. The van der Waals surface area contributed by atoms with E-state index >= 15 is 0 Å². The third-order valence-electron chi connectivity index (χ3n) is 3.00. The standard InChI is InChI=1S/C12H16N2O4S/c1-8-2-3-9(19-8)6-13-11(17)14-12(10(15)16)4-5-18-7-12/h2-3H,4-7H2,1H3,(H,15,16)(H2,13,14,17). The topological polar surface area (TPSA) is 87.7 Å². The molecule has 3 N–H and O–H groups in total. The van der Waals surface area contributed by atoms with E-state index in [0.29, 0.717) is 13.2 Å².